The summed E-state index contributed by atoms with van der Waals surface area (Å²) < 4.78 is 12.9. The van der Waals surface area contributed by atoms with Crippen LogP contribution >= 0.6 is 0 Å². The van der Waals surface area contributed by atoms with Gasteiger partial charge in [0.15, 0.2) is 0 Å². The van der Waals surface area contributed by atoms with Gasteiger partial charge in [0.1, 0.15) is 17.3 Å². The summed E-state index contributed by atoms with van der Waals surface area (Å²) in [6.45, 7) is 0. The summed E-state index contributed by atoms with van der Waals surface area (Å²) in [4.78, 5) is 12.0. The van der Waals surface area contributed by atoms with Gasteiger partial charge in [0, 0.05) is 5.56 Å². The molecule has 3 aromatic rings. The number of halogens is 1. The molecule has 120 valence electrons. The number of aromatic hydroxyl groups is 1. The number of phenolic OH excluding ortho intramolecular Hbond substituents is 1. The Balaban J connectivity index is 1.66. The zero-order valence-corrected chi connectivity index (χ0v) is 12.4. The molecule has 3 rings (SSSR count). The first-order valence-corrected chi connectivity index (χ1v) is 7.05. The van der Waals surface area contributed by atoms with Crippen LogP contribution in [0, 0.1) is 5.82 Å². The van der Waals surface area contributed by atoms with Gasteiger partial charge in [-0.2, -0.15) is 10.2 Å². The zero-order chi connectivity index (χ0) is 16.9. The van der Waals surface area contributed by atoms with Gasteiger partial charge in [0.25, 0.3) is 5.91 Å². The number of aromatic amines is 1. The Morgan fingerprint density at radius 3 is 2.75 bits per heavy atom. The first-order valence-electron chi connectivity index (χ1n) is 7.05. The number of carbonyl (C=O) groups excluding carboxylic acids is 1. The molecule has 0 saturated heterocycles. The monoisotopic (exact) mass is 324 g/mol. The third-order valence-corrected chi connectivity index (χ3v) is 3.21. The van der Waals surface area contributed by atoms with Gasteiger partial charge >= 0.3 is 0 Å². The quantitative estimate of drug-likeness (QED) is 0.509. The molecule has 0 unspecified atom stereocenters. The first-order chi connectivity index (χ1) is 11.6. The van der Waals surface area contributed by atoms with Gasteiger partial charge in [-0.3, -0.25) is 9.89 Å². The van der Waals surface area contributed by atoms with Crippen LogP contribution in [0.15, 0.2) is 59.7 Å². The maximum atomic E-state index is 12.9. The van der Waals surface area contributed by atoms with Gasteiger partial charge in [-0.05, 0) is 48.0 Å². The van der Waals surface area contributed by atoms with Crippen LogP contribution in [0.1, 0.15) is 16.1 Å². The van der Waals surface area contributed by atoms with Gasteiger partial charge in [0.05, 0.1) is 11.9 Å². The summed E-state index contributed by atoms with van der Waals surface area (Å²) in [5.41, 5.74) is 4.44. The third-order valence-electron chi connectivity index (χ3n) is 3.21. The molecule has 0 radical (unpaired) electrons. The van der Waals surface area contributed by atoms with Crippen molar-refractivity contribution in [2.24, 2.45) is 5.10 Å². The van der Waals surface area contributed by atoms with Gasteiger partial charge < -0.3 is 5.11 Å². The van der Waals surface area contributed by atoms with Crippen molar-refractivity contribution < 1.29 is 14.3 Å². The lowest BCUT2D eigenvalue weighted by atomic mass is 10.1. The lowest BCUT2D eigenvalue weighted by Gasteiger charge is -1.97. The molecule has 0 atom stereocenters. The van der Waals surface area contributed by atoms with E-state index in [1.807, 2.05) is 0 Å². The number of phenols is 1. The van der Waals surface area contributed by atoms with E-state index in [4.69, 9.17) is 0 Å². The summed E-state index contributed by atoms with van der Waals surface area (Å²) in [5.74, 6) is -0.691. The Morgan fingerprint density at radius 1 is 1.21 bits per heavy atom. The SMILES string of the molecule is O=C(N/N=C\c1cccc(O)c1)c1cc(-c2ccc(F)cc2)n[nH]1. The fourth-order valence-electron chi connectivity index (χ4n) is 2.04. The average Bonchev–Trinajstić information content (AvgIpc) is 3.05. The number of amides is 1. The van der Waals surface area contributed by atoms with Gasteiger partial charge in [0.2, 0.25) is 0 Å². The van der Waals surface area contributed by atoms with E-state index in [1.54, 1.807) is 30.3 Å². The van der Waals surface area contributed by atoms with Crippen molar-refractivity contribution >= 4 is 12.1 Å². The van der Waals surface area contributed by atoms with Crippen LogP contribution in [0.3, 0.4) is 0 Å². The molecule has 7 heteroatoms. The summed E-state index contributed by atoms with van der Waals surface area (Å²) in [5, 5.41) is 19.8. The highest BCUT2D eigenvalue weighted by Crippen LogP contribution is 2.17. The average molecular weight is 324 g/mol. The smallest absolute Gasteiger partial charge is 0.289 e. The predicted molar refractivity (Wildman–Crippen MR) is 87.1 cm³/mol. The van der Waals surface area contributed by atoms with Crippen molar-refractivity contribution in [1.82, 2.24) is 15.6 Å². The van der Waals surface area contributed by atoms with Crippen molar-refractivity contribution in [2.75, 3.05) is 0 Å². The highest BCUT2D eigenvalue weighted by Gasteiger charge is 2.10. The molecule has 0 saturated carbocycles. The number of aromatic nitrogens is 2. The highest BCUT2D eigenvalue weighted by atomic mass is 19.1. The van der Waals surface area contributed by atoms with Crippen LogP contribution in [0.5, 0.6) is 5.75 Å². The number of hydrazone groups is 1. The minimum Gasteiger partial charge on any atom is -0.508 e. The molecule has 3 N–H and O–H groups in total. The van der Waals surface area contributed by atoms with Crippen LogP contribution in [-0.4, -0.2) is 27.4 Å². The number of benzene rings is 2. The maximum absolute atomic E-state index is 12.9. The lowest BCUT2D eigenvalue weighted by Crippen LogP contribution is -2.17. The lowest BCUT2D eigenvalue weighted by molar-refractivity contribution is 0.0950. The largest absolute Gasteiger partial charge is 0.508 e. The molecule has 0 spiro atoms. The number of hydrogen-bond donors (Lipinski definition) is 3. The summed E-state index contributed by atoms with van der Waals surface area (Å²) in [6.07, 6.45) is 1.41. The predicted octanol–water partition coefficient (Wildman–Crippen LogP) is 2.69. The van der Waals surface area contributed by atoms with E-state index < -0.39 is 5.91 Å². The standard InChI is InChI=1S/C17H13FN4O2/c18-13-6-4-12(5-7-13)15-9-16(21-20-15)17(24)22-19-10-11-2-1-3-14(23)8-11/h1-10,23H,(H,20,21)(H,22,24)/b19-10-. The molecule has 0 fully saturated rings. The Bertz CT molecular complexity index is 888. The van der Waals surface area contributed by atoms with E-state index in [1.165, 1.54) is 30.5 Å². The minimum absolute atomic E-state index is 0.114. The van der Waals surface area contributed by atoms with E-state index in [0.29, 0.717) is 16.8 Å². The van der Waals surface area contributed by atoms with Crippen LogP contribution in [-0.2, 0) is 0 Å². The molecule has 0 bridgehead atoms. The van der Waals surface area contributed by atoms with E-state index in [2.05, 4.69) is 20.7 Å². The Morgan fingerprint density at radius 2 is 2.00 bits per heavy atom. The summed E-state index contributed by atoms with van der Waals surface area (Å²) in [7, 11) is 0. The molecular weight excluding hydrogens is 311 g/mol. The number of hydrogen-bond acceptors (Lipinski definition) is 4. The summed E-state index contributed by atoms with van der Waals surface area (Å²) >= 11 is 0. The second kappa shape index (κ2) is 6.74. The molecule has 1 heterocycles. The van der Waals surface area contributed by atoms with Crippen LogP contribution < -0.4 is 5.43 Å². The Labute approximate surface area is 136 Å². The Kier molecular flexibility index (Phi) is 4.33. The van der Waals surface area contributed by atoms with Crippen LogP contribution in [0.25, 0.3) is 11.3 Å². The second-order valence-corrected chi connectivity index (χ2v) is 4.97. The van der Waals surface area contributed by atoms with Crippen LogP contribution in [0.2, 0.25) is 0 Å². The first kappa shape index (κ1) is 15.4. The molecule has 0 aliphatic heterocycles. The van der Waals surface area contributed by atoms with Crippen molar-refractivity contribution in [3.63, 3.8) is 0 Å². The topological polar surface area (TPSA) is 90.4 Å². The van der Waals surface area contributed by atoms with E-state index in [-0.39, 0.29) is 17.3 Å². The normalized spacial score (nSPS) is 10.9. The fraction of sp³-hybridized carbons (Fsp3) is 0. The minimum atomic E-state index is -0.465. The molecule has 6 nitrogen and oxygen atoms in total. The second-order valence-electron chi connectivity index (χ2n) is 4.97. The molecule has 0 aliphatic rings. The fourth-order valence-corrected chi connectivity index (χ4v) is 2.04. The Hall–Kier alpha value is -3.48. The molecule has 1 amide bonds. The van der Waals surface area contributed by atoms with Crippen LogP contribution in [0.4, 0.5) is 4.39 Å². The van der Waals surface area contributed by atoms with Crippen molar-refractivity contribution in [3.05, 3.63) is 71.7 Å². The molecular formula is C17H13FN4O2. The van der Waals surface area contributed by atoms with E-state index in [0.717, 1.165) is 0 Å². The number of carbonyl (C=O) groups is 1. The third kappa shape index (κ3) is 3.64. The maximum Gasteiger partial charge on any atom is 0.289 e. The number of nitrogens with zero attached hydrogens (tertiary/aromatic N) is 2. The zero-order valence-electron chi connectivity index (χ0n) is 12.4. The van der Waals surface area contributed by atoms with Gasteiger partial charge in [-0.15, -0.1) is 0 Å². The van der Waals surface area contributed by atoms with E-state index in [9.17, 15) is 14.3 Å². The molecule has 1 aromatic heterocycles. The number of nitrogens with one attached hydrogen (secondary N) is 2. The highest BCUT2D eigenvalue weighted by molar-refractivity contribution is 5.94. The summed E-state index contributed by atoms with van der Waals surface area (Å²) in [6, 6.07) is 13.8. The number of rotatable bonds is 4. The molecule has 2 aromatic carbocycles. The van der Waals surface area contributed by atoms with Crippen molar-refractivity contribution in [1.29, 1.82) is 0 Å². The van der Waals surface area contributed by atoms with Gasteiger partial charge in [-0.1, -0.05) is 12.1 Å². The van der Waals surface area contributed by atoms with Crippen molar-refractivity contribution in [2.45, 2.75) is 0 Å². The molecule has 24 heavy (non-hydrogen) atoms. The van der Waals surface area contributed by atoms with Crippen molar-refractivity contribution in [3.8, 4) is 17.0 Å². The van der Waals surface area contributed by atoms with Gasteiger partial charge in [-0.25, -0.2) is 9.82 Å². The molecule has 0 aliphatic carbocycles. The number of H-pyrrole nitrogens is 1. The van der Waals surface area contributed by atoms with E-state index >= 15 is 0 Å².